The maximum absolute atomic E-state index is 13.4. The van der Waals surface area contributed by atoms with Gasteiger partial charge < -0.3 is 0 Å². The highest BCUT2D eigenvalue weighted by molar-refractivity contribution is 6.03. The molecule has 0 unspecified atom stereocenters. The van der Waals surface area contributed by atoms with Gasteiger partial charge in [-0.15, -0.1) is 0 Å². The fourth-order valence-corrected chi connectivity index (χ4v) is 5.24. The maximum Gasteiger partial charge on any atom is 0.180 e. The lowest BCUT2D eigenvalue weighted by molar-refractivity contribution is 0.0266. The first-order valence-electron chi connectivity index (χ1n) is 10.7. The van der Waals surface area contributed by atoms with Gasteiger partial charge in [0.25, 0.3) is 0 Å². The Morgan fingerprint density at radius 1 is 1.27 bits per heavy atom. The second-order valence-corrected chi connectivity index (χ2v) is 10.3. The summed E-state index contributed by atoms with van der Waals surface area (Å²) < 4.78 is 0. The Morgan fingerprint density at radius 2 is 2.00 bits per heavy atom. The predicted octanol–water partition coefficient (Wildman–Crippen LogP) is 5.24. The van der Waals surface area contributed by atoms with E-state index in [1.807, 2.05) is 0 Å². The number of carbonyl (C=O) groups is 1. The number of nitrogens with zero attached hydrogens (tertiary/aromatic N) is 1. The Morgan fingerprint density at radius 3 is 2.65 bits per heavy atom. The Hall–Kier alpha value is -1.15. The molecule has 3 aliphatic rings. The number of ketones is 1. The van der Waals surface area contributed by atoms with Gasteiger partial charge in [-0.25, -0.2) is 0 Å². The van der Waals surface area contributed by atoms with Crippen LogP contribution in [-0.2, 0) is 11.8 Å². The molecule has 1 aliphatic heterocycles. The van der Waals surface area contributed by atoms with Crippen LogP contribution in [0.2, 0.25) is 0 Å². The Bertz CT molecular complexity index is 717. The molecule has 3 atom stereocenters. The molecule has 2 heteroatoms. The Kier molecular flexibility index (Phi) is 4.34. The largest absolute Gasteiger partial charge is 0.293 e. The first-order chi connectivity index (χ1) is 12.2. The molecule has 26 heavy (non-hydrogen) atoms. The van der Waals surface area contributed by atoms with Crippen molar-refractivity contribution >= 4 is 5.78 Å². The molecule has 142 valence electrons. The standard InChI is InChI=1S/C24H35NO/c1-6-23(3,4)14-18-9-10-19-20(13-18)24(5)11-12-25(15-17-7-8-17)21(16(24)2)22(19)26/h9-10,13,16-17,21H,6-8,11-12,14-15H2,1-5H3/t16-,21-,24+/m0/s1. The zero-order chi connectivity index (χ0) is 18.7. The van der Waals surface area contributed by atoms with E-state index in [-0.39, 0.29) is 11.5 Å². The molecule has 4 rings (SSSR count). The summed E-state index contributed by atoms with van der Waals surface area (Å²) in [4.78, 5) is 15.9. The van der Waals surface area contributed by atoms with Crippen molar-refractivity contribution in [2.75, 3.05) is 13.1 Å². The van der Waals surface area contributed by atoms with E-state index in [2.05, 4.69) is 57.7 Å². The quantitative estimate of drug-likeness (QED) is 0.721. The van der Waals surface area contributed by atoms with Crippen molar-refractivity contribution in [2.24, 2.45) is 17.3 Å². The van der Waals surface area contributed by atoms with E-state index in [1.165, 1.54) is 36.8 Å². The van der Waals surface area contributed by atoms with E-state index in [0.717, 1.165) is 31.0 Å². The molecule has 0 aromatic heterocycles. The molecule has 1 heterocycles. The second-order valence-electron chi connectivity index (χ2n) is 10.3. The number of piperidine rings is 1. The monoisotopic (exact) mass is 353 g/mol. The first-order valence-corrected chi connectivity index (χ1v) is 10.7. The lowest BCUT2D eigenvalue weighted by Gasteiger charge is -2.53. The minimum absolute atomic E-state index is 0.0970. The van der Waals surface area contributed by atoms with Crippen LogP contribution in [0.4, 0.5) is 0 Å². The molecule has 0 N–H and O–H groups in total. The highest BCUT2D eigenvalue weighted by Gasteiger charge is 2.52. The summed E-state index contributed by atoms with van der Waals surface area (Å²) in [5.41, 5.74) is 4.20. The lowest BCUT2D eigenvalue weighted by atomic mass is 9.58. The fourth-order valence-electron chi connectivity index (χ4n) is 5.24. The van der Waals surface area contributed by atoms with Gasteiger partial charge in [0.1, 0.15) is 0 Å². The number of rotatable bonds is 5. The van der Waals surface area contributed by atoms with Crippen LogP contribution in [0.3, 0.4) is 0 Å². The average molecular weight is 354 g/mol. The van der Waals surface area contributed by atoms with E-state index >= 15 is 0 Å². The number of hydrogen-bond acceptors (Lipinski definition) is 2. The number of fused-ring (bicyclic) bond motifs is 4. The summed E-state index contributed by atoms with van der Waals surface area (Å²) >= 11 is 0. The summed E-state index contributed by atoms with van der Waals surface area (Å²) in [6.07, 6.45) is 6.16. The summed E-state index contributed by atoms with van der Waals surface area (Å²) in [7, 11) is 0. The molecule has 2 aliphatic carbocycles. The van der Waals surface area contributed by atoms with E-state index < -0.39 is 0 Å². The molecule has 0 amide bonds. The van der Waals surface area contributed by atoms with E-state index in [1.54, 1.807) is 0 Å². The van der Waals surface area contributed by atoms with Gasteiger partial charge in [0, 0.05) is 12.1 Å². The minimum Gasteiger partial charge on any atom is -0.293 e. The van der Waals surface area contributed by atoms with Crippen molar-refractivity contribution in [1.82, 2.24) is 4.90 Å². The molecule has 1 saturated carbocycles. The summed E-state index contributed by atoms with van der Waals surface area (Å²) in [5.74, 6) is 1.63. The van der Waals surface area contributed by atoms with Gasteiger partial charge in [-0.3, -0.25) is 9.69 Å². The number of benzene rings is 1. The molecular weight excluding hydrogens is 318 g/mol. The molecule has 2 bridgehead atoms. The average Bonchev–Trinajstić information content (AvgIpc) is 3.41. The third-order valence-electron chi connectivity index (χ3n) is 7.85. The number of likely N-dealkylation sites (tertiary alicyclic amines) is 1. The Balaban J connectivity index is 1.70. The van der Waals surface area contributed by atoms with Crippen LogP contribution in [0.25, 0.3) is 0 Å². The van der Waals surface area contributed by atoms with Crippen LogP contribution >= 0.6 is 0 Å². The lowest BCUT2D eigenvalue weighted by Crippen LogP contribution is -2.61. The third-order valence-corrected chi connectivity index (χ3v) is 7.85. The van der Waals surface area contributed by atoms with Crippen LogP contribution in [0.15, 0.2) is 18.2 Å². The van der Waals surface area contributed by atoms with Crippen LogP contribution in [0.1, 0.15) is 81.8 Å². The molecule has 1 aromatic carbocycles. The van der Waals surface area contributed by atoms with Gasteiger partial charge in [-0.2, -0.15) is 0 Å². The van der Waals surface area contributed by atoms with Crippen molar-refractivity contribution < 1.29 is 4.79 Å². The summed E-state index contributed by atoms with van der Waals surface area (Å²) in [6, 6.07) is 6.85. The molecule has 0 radical (unpaired) electrons. The molecule has 1 saturated heterocycles. The van der Waals surface area contributed by atoms with Crippen LogP contribution in [0.5, 0.6) is 0 Å². The van der Waals surface area contributed by atoms with Crippen LogP contribution in [0, 0.1) is 17.3 Å². The van der Waals surface area contributed by atoms with Gasteiger partial charge in [-0.1, -0.05) is 59.2 Å². The fraction of sp³-hybridized carbons (Fsp3) is 0.708. The van der Waals surface area contributed by atoms with Crippen molar-refractivity contribution in [3.8, 4) is 0 Å². The molecular formula is C24H35NO. The van der Waals surface area contributed by atoms with Gasteiger partial charge in [0.05, 0.1) is 6.04 Å². The SMILES string of the molecule is CCC(C)(C)Cc1ccc2c(c1)[C@]1(C)CCN(CC3CC3)[C@H](C2=O)[C@@H]1C. The zero-order valence-electron chi connectivity index (χ0n) is 17.3. The normalized spacial score (nSPS) is 31.8. The number of hydrogen-bond donors (Lipinski definition) is 0. The van der Waals surface area contributed by atoms with Crippen molar-refractivity contribution in [3.05, 3.63) is 34.9 Å². The first kappa shape index (κ1) is 18.2. The zero-order valence-corrected chi connectivity index (χ0v) is 17.3. The van der Waals surface area contributed by atoms with E-state index in [0.29, 0.717) is 17.1 Å². The third kappa shape index (κ3) is 2.95. The van der Waals surface area contributed by atoms with Crippen molar-refractivity contribution in [1.29, 1.82) is 0 Å². The van der Waals surface area contributed by atoms with E-state index in [9.17, 15) is 4.79 Å². The molecule has 0 spiro atoms. The smallest absolute Gasteiger partial charge is 0.180 e. The van der Waals surface area contributed by atoms with Crippen molar-refractivity contribution in [3.63, 3.8) is 0 Å². The minimum atomic E-state index is 0.0970. The highest BCUT2D eigenvalue weighted by Crippen LogP contribution is 2.49. The second kappa shape index (κ2) is 6.19. The molecule has 2 fully saturated rings. The van der Waals surface area contributed by atoms with Gasteiger partial charge in [-0.05, 0) is 66.0 Å². The summed E-state index contributed by atoms with van der Waals surface area (Å²) in [5, 5.41) is 0. The maximum atomic E-state index is 13.4. The molecule has 2 nitrogen and oxygen atoms in total. The highest BCUT2D eigenvalue weighted by atomic mass is 16.1. The number of carbonyl (C=O) groups excluding carboxylic acids is 1. The topological polar surface area (TPSA) is 20.3 Å². The molecule has 1 aromatic rings. The van der Waals surface area contributed by atoms with Gasteiger partial charge in [0.15, 0.2) is 5.78 Å². The van der Waals surface area contributed by atoms with Crippen LogP contribution in [-0.4, -0.2) is 29.8 Å². The van der Waals surface area contributed by atoms with E-state index in [4.69, 9.17) is 0 Å². The Labute approximate surface area is 159 Å². The van der Waals surface area contributed by atoms with Gasteiger partial charge >= 0.3 is 0 Å². The number of Topliss-reactive ketones (excluding diaryl/α,β-unsaturated/α-hetero) is 1. The summed E-state index contributed by atoms with van der Waals surface area (Å²) in [6.45, 7) is 13.9. The van der Waals surface area contributed by atoms with Crippen molar-refractivity contribution in [2.45, 2.75) is 78.2 Å². The predicted molar refractivity (Wildman–Crippen MR) is 108 cm³/mol. The van der Waals surface area contributed by atoms with Gasteiger partial charge in [0.2, 0.25) is 0 Å². The van der Waals surface area contributed by atoms with Crippen LogP contribution < -0.4 is 0 Å².